The Bertz CT molecular complexity index is 1000. The Labute approximate surface area is 419 Å². The van der Waals surface area contributed by atoms with Crippen molar-refractivity contribution in [2.24, 2.45) is 0 Å². The number of unbranched alkanes of at least 4 members (excludes halogenated alkanes) is 46. The highest BCUT2D eigenvalue weighted by molar-refractivity contribution is 5.76. The molecule has 2 atom stereocenters. The van der Waals surface area contributed by atoms with Crippen LogP contribution in [0.4, 0.5) is 0 Å². The van der Waals surface area contributed by atoms with Gasteiger partial charge in [-0.3, -0.25) is 9.59 Å². The van der Waals surface area contributed by atoms with Gasteiger partial charge in [0, 0.05) is 12.8 Å². The molecule has 0 spiro atoms. The normalized spacial score (nSPS) is 12.6. The van der Waals surface area contributed by atoms with E-state index in [4.69, 9.17) is 4.74 Å². The number of aliphatic hydroxyl groups excluding tert-OH is 2. The Hall–Kier alpha value is -1.40. The lowest BCUT2D eigenvalue weighted by Gasteiger charge is -2.20. The van der Waals surface area contributed by atoms with Crippen LogP contribution in [0.3, 0.4) is 0 Å². The van der Waals surface area contributed by atoms with Crippen molar-refractivity contribution in [3.05, 3.63) is 12.2 Å². The molecule has 6 nitrogen and oxygen atoms in total. The number of esters is 1. The summed E-state index contributed by atoms with van der Waals surface area (Å²) < 4.78 is 5.47. The second kappa shape index (κ2) is 57.2. The first-order chi connectivity index (χ1) is 33.0. The average molecular weight is 947 g/mol. The highest BCUT2D eigenvalue weighted by atomic mass is 16.5. The van der Waals surface area contributed by atoms with Gasteiger partial charge < -0.3 is 20.3 Å². The monoisotopic (exact) mass is 946 g/mol. The molecule has 0 aromatic carbocycles. The molecule has 0 bridgehead atoms. The van der Waals surface area contributed by atoms with E-state index in [0.717, 1.165) is 57.8 Å². The summed E-state index contributed by atoms with van der Waals surface area (Å²) in [5, 5.41) is 23.2. The van der Waals surface area contributed by atoms with Gasteiger partial charge in [0.05, 0.1) is 25.4 Å². The predicted octanol–water partition coefficient (Wildman–Crippen LogP) is 18.9. The van der Waals surface area contributed by atoms with Gasteiger partial charge in [-0.2, -0.15) is 0 Å². The zero-order chi connectivity index (χ0) is 48.6. The van der Waals surface area contributed by atoms with E-state index in [1.54, 1.807) is 6.08 Å². The number of hydrogen-bond acceptors (Lipinski definition) is 5. The van der Waals surface area contributed by atoms with Gasteiger partial charge >= 0.3 is 5.97 Å². The van der Waals surface area contributed by atoms with Gasteiger partial charge in [0.15, 0.2) is 0 Å². The number of carbonyl (C=O) groups is 2. The highest BCUT2D eigenvalue weighted by Gasteiger charge is 2.18. The second-order valence-electron chi connectivity index (χ2n) is 21.0. The lowest BCUT2D eigenvalue weighted by Crippen LogP contribution is -2.45. The van der Waals surface area contributed by atoms with Crippen molar-refractivity contribution in [1.82, 2.24) is 5.32 Å². The van der Waals surface area contributed by atoms with Gasteiger partial charge in [-0.1, -0.05) is 309 Å². The standard InChI is InChI=1S/C61H119NO5/c1-3-5-7-9-11-13-15-17-18-19-20-21-22-23-24-25-26-30-33-37-41-45-49-53-59(64)58(57-63)62-60(65)54-50-46-42-38-34-31-27-28-32-36-40-44-48-52-56-67-61(66)55-51-47-43-39-35-29-16-14-12-10-8-6-4-2/h49,53,58-59,63-64H,3-48,50-52,54-57H2,1-2H3,(H,62,65)/b53-49+. The van der Waals surface area contributed by atoms with E-state index in [9.17, 15) is 19.8 Å². The van der Waals surface area contributed by atoms with Crippen molar-refractivity contribution >= 4 is 11.9 Å². The maximum atomic E-state index is 12.5. The number of allylic oxidation sites excluding steroid dienone is 1. The maximum absolute atomic E-state index is 12.5. The van der Waals surface area contributed by atoms with Crippen LogP contribution in [-0.4, -0.2) is 47.4 Å². The average Bonchev–Trinajstić information content (AvgIpc) is 3.33. The smallest absolute Gasteiger partial charge is 0.305 e. The molecule has 0 radical (unpaired) electrons. The van der Waals surface area contributed by atoms with Crippen LogP contribution in [0, 0.1) is 0 Å². The molecule has 0 aliphatic carbocycles. The summed E-state index contributed by atoms with van der Waals surface area (Å²) in [4.78, 5) is 24.5. The largest absolute Gasteiger partial charge is 0.466 e. The molecule has 0 aliphatic heterocycles. The van der Waals surface area contributed by atoms with E-state index in [0.29, 0.717) is 19.4 Å². The Morgan fingerprint density at radius 3 is 1.01 bits per heavy atom. The molecular formula is C61H119NO5. The van der Waals surface area contributed by atoms with Crippen LogP contribution >= 0.6 is 0 Å². The molecular weight excluding hydrogens is 827 g/mol. The Balaban J connectivity index is 3.46. The van der Waals surface area contributed by atoms with Crippen LogP contribution in [0.1, 0.15) is 341 Å². The van der Waals surface area contributed by atoms with Gasteiger partial charge in [0.25, 0.3) is 0 Å². The van der Waals surface area contributed by atoms with Crippen LogP contribution in [0.25, 0.3) is 0 Å². The van der Waals surface area contributed by atoms with Crippen LogP contribution in [0.5, 0.6) is 0 Å². The van der Waals surface area contributed by atoms with Crippen molar-refractivity contribution in [3.63, 3.8) is 0 Å². The fourth-order valence-electron chi connectivity index (χ4n) is 9.64. The van der Waals surface area contributed by atoms with E-state index in [2.05, 4.69) is 19.2 Å². The third-order valence-electron chi connectivity index (χ3n) is 14.3. The fourth-order valence-corrected chi connectivity index (χ4v) is 9.64. The number of rotatable bonds is 57. The third kappa shape index (κ3) is 53.8. The van der Waals surface area contributed by atoms with Gasteiger partial charge in [-0.05, 0) is 32.1 Å². The van der Waals surface area contributed by atoms with Crippen LogP contribution in [0.2, 0.25) is 0 Å². The van der Waals surface area contributed by atoms with E-state index < -0.39 is 12.1 Å². The van der Waals surface area contributed by atoms with Crippen LogP contribution in [-0.2, 0) is 14.3 Å². The minimum atomic E-state index is -0.852. The Morgan fingerprint density at radius 2 is 0.687 bits per heavy atom. The van der Waals surface area contributed by atoms with Crippen LogP contribution in [0.15, 0.2) is 12.2 Å². The minimum Gasteiger partial charge on any atom is -0.466 e. The molecule has 0 aromatic heterocycles. The van der Waals surface area contributed by atoms with Gasteiger partial charge in [-0.25, -0.2) is 0 Å². The molecule has 0 fully saturated rings. The first-order valence-electron chi connectivity index (χ1n) is 30.5. The summed E-state index contributed by atoms with van der Waals surface area (Å²) in [6.45, 7) is 4.91. The van der Waals surface area contributed by atoms with Crippen molar-refractivity contribution < 1.29 is 24.5 Å². The van der Waals surface area contributed by atoms with E-state index in [-0.39, 0.29) is 18.5 Å². The van der Waals surface area contributed by atoms with Gasteiger partial charge in [0.1, 0.15) is 0 Å². The molecule has 2 unspecified atom stereocenters. The molecule has 3 N–H and O–H groups in total. The molecule has 0 saturated carbocycles. The number of ether oxygens (including phenoxy) is 1. The number of hydrogen-bond donors (Lipinski definition) is 3. The maximum Gasteiger partial charge on any atom is 0.305 e. The zero-order valence-corrected chi connectivity index (χ0v) is 45.4. The summed E-state index contributed by atoms with van der Waals surface area (Å²) in [5.41, 5.74) is 0. The first-order valence-corrected chi connectivity index (χ1v) is 30.5. The SMILES string of the molecule is CCCCCCCCCCCCCCCCCCCCCCC/C=C/C(O)C(CO)NC(=O)CCCCCCCCCCCCCCCCOC(=O)CCCCCCCCCCCCCCC. The second-order valence-corrected chi connectivity index (χ2v) is 21.0. The summed E-state index contributed by atoms with van der Waals surface area (Å²) >= 11 is 0. The molecule has 0 saturated heterocycles. The lowest BCUT2D eigenvalue weighted by atomic mass is 10.0. The molecule has 0 aliphatic rings. The summed E-state index contributed by atoms with van der Waals surface area (Å²) in [7, 11) is 0. The number of aliphatic hydroxyl groups is 2. The highest BCUT2D eigenvalue weighted by Crippen LogP contribution is 2.18. The lowest BCUT2D eigenvalue weighted by molar-refractivity contribution is -0.143. The number of amides is 1. The quantitative estimate of drug-likeness (QED) is 0.0321. The van der Waals surface area contributed by atoms with Crippen molar-refractivity contribution in [2.75, 3.05) is 13.2 Å². The van der Waals surface area contributed by atoms with Gasteiger partial charge in [0.2, 0.25) is 5.91 Å². The fraction of sp³-hybridized carbons (Fsp3) is 0.934. The molecule has 67 heavy (non-hydrogen) atoms. The van der Waals surface area contributed by atoms with E-state index in [1.807, 2.05) is 6.08 Å². The van der Waals surface area contributed by atoms with Crippen LogP contribution < -0.4 is 5.32 Å². The zero-order valence-electron chi connectivity index (χ0n) is 45.4. The molecule has 6 heteroatoms. The molecule has 0 rings (SSSR count). The number of carbonyl (C=O) groups excluding carboxylic acids is 2. The minimum absolute atomic E-state index is 0.000899. The third-order valence-corrected chi connectivity index (χ3v) is 14.3. The summed E-state index contributed by atoms with van der Waals surface area (Å²) in [6.07, 6.45) is 68.1. The molecule has 0 heterocycles. The summed E-state index contributed by atoms with van der Waals surface area (Å²) in [5.74, 6) is -0.0753. The van der Waals surface area contributed by atoms with Crippen molar-refractivity contribution in [3.8, 4) is 0 Å². The first kappa shape index (κ1) is 65.6. The van der Waals surface area contributed by atoms with Gasteiger partial charge in [-0.15, -0.1) is 0 Å². The number of nitrogens with one attached hydrogen (secondary N) is 1. The Kier molecular flexibility index (Phi) is 56.0. The predicted molar refractivity (Wildman–Crippen MR) is 292 cm³/mol. The topological polar surface area (TPSA) is 95.9 Å². The molecule has 1 amide bonds. The Morgan fingerprint density at radius 1 is 0.403 bits per heavy atom. The van der Waals surface area contributed by atoms with Crippen molar-refractivity contribution in [2.45, 2.75) is 353 Å². The summed E-state index contributed by atoms with van der Waals surface area (Å²) in [6, 6.07) is -0.636. The molecule has 0 aromatic rings. The van der Waals surface area contributed by atoms with E-state index in [1.165, 1.54) is 257 Å². The molecule has 398 valence electrons. The van der Waals surface area contributed by atoms with E-state index >= 15 is 0 Å². The van der Waals surface area contributed by atoms with Crippen molar-refractivity contribution in [1.29, 1.82) is 0 Å².